The van der Waals surface area contributed by atoms with E-state index in [9.17, 15) is 0 Å². The summed E-state index contributed by atoms with van der Waals surface area (Å²) in [7, 11) is 2.07. The molecule has 0 saturated carbocycles. The van der Waals surface area contributed by atoms with E-state index in [4.69, 9.17) is 4.74 Å². The number of fused-ring (bicyclic) bond motifs is 1. The van der Waals surface area contributed by atoms with Crippen molar-refractivity contribution < 1.29 is 4.74 Å². The molecule has 0 atom stereocenters. The number of anilines is 1. The lowest BCUT2D eigenvalue weighted by atomic mass is 10.2. The zero-order valence-electron chi connectivity index (χ0n) is 10.6. The molecule has 1 aromatic carbocycles. The third-order valence-corrected chi connectivity index (χ3v) is 2.88. The van der Waals surface area contributed by atoms with E-state index in [0.717, 1.165) is 26.2 Å². The van der Waals surface area contributed by atoms with Crippen molar-refractivity contribution in [3.05, 3.63) is 30.5 Å². The third-order valence-electron chi connectivity index (χ3n) is 2.88. The quantitative estimate of drug-likeness (QED) is 0.775. The molecule has 1 N–H and O–H groups in total. The van der Waals surface area contributed by atoms with E-state index in [1.165, 1.54) is 16.6 Å². The minimum absolute atomic E-state index is 0.802. The first-order chi connectivity index (χ1) is 8.31. The van der Waals surface area contributed by atoms with Crippen LogP contribution in [-0.4, -0.2) is 24.3 Å². The Bertz CT molecular complexity index is 476. The first kappa shape index (κ1) is 12.0. The van der Waals surface area contributed by atoms with Crippen molar-refractivity contribution in [2.24, 2.45) is 7.05 Å². The number of ether oxygens (including phenoxy) is 1. The Morgan fingerprint density at radius 3 is 3.00 bits per heavy atom. The molecule has 2 aromatic rings. The standard InChI is InChI=1S/C14H20N2O/c1-3-17-10-4-8-15-13-5-6-14-12(11-13)7-9-16(14)2/h5-7,9,11,15H,3-4,8,10H2,1-2H3. The Morgan fingerprint density at radius 2 is 2.18 bits per heavy atom. The Labute approximate surface area is 102 Å². The fourth-order valence-corrected chi connectivity index (χ4v) is 1.94. The number of hydrogen-bond acceptors (Lipinski definition) is 2. The van der Waals surface area contributed by atoms with Gasteiger partial charge in [-0.05, 0) is 37.6 Å². The van der Waals surface area contributed by atoms with E-state index in [1.54, 1.807) is 0 Å². The Balaban J connectivity index is 1.91. The van der Waals surface area contributed by atoms with Gasteiger partial charge in [-0.1, -0.05) is 0 Å². The summed E-state index contributed by atoms with van der Waals surface area (Å²) in [6.45, 7) is 4.61. The van der Waals surface area contributed by atoms with E-state index < -0.39 is 0 Å². The second-order valence-electron chi connectivity index (χ2n) is 4.18. The van der Waals surface area contributed by atoms with Crippen molar-refractivity contribution in [3.8, 4) is 0 Å². The summed E-state index contributed by atoms with van der Waals surface area (Å²) in [6.07, 6.45) is 3.13. The molecule has 3 heteroatoms. The molecular weight excluding hydrogens is 212 g/mol. The lowest BCUT2D eigenvalue weighted by Crippen LogP contribution is -2.05. The molecular formula is C14H20N2O. The van der Waals surface area contributed by atoms with Gasteiger partial charge >= 0.3 is 0 Å². The largest absolute Gasteiger partial charge is 0.385 e. The summed E-state index contributed by atoms with van der Waals surface area (Å²) >= 11 is 0. The third kappa shape index (κ3) is 3.01. The Morgan fingerprint density at radius 1 is 1.29 bits per heavy atom. The van der Waals surface area contributed by atoms with Crippen LogP contribution in [0.15, 0.2) is 30.5 Å². The van der Waals surface area contributed by atoms with Gasteiger partial charge < -0.3 is 14.6 Å². The zero-order valence-corrected chi connectivity index (χ0v) is 10.6. The highest BCUT2D eigenvalue weighted by Gasteiger charge is 1.98. The average Bonchev–Trinajstić information content (AvgIpc) is 2.71. The summed E-state index contributed by atoms with van der Waals surface area (Å²) < 4.78 is 7.43. The molecule has 1 heterocycles. The van der Waals surface area contributed by atoms with Crippen LogP contribution in [0, 0.1) is 0 Å². The van der Waals surface area contributed by atoms with E-state index in [2.05, 4.69) is 47.4 Å². The molecule has 0 spiro atoms. The lowest BCUT2D eigenvalue weighted by Gasteiger charge is -2.07. The summed E-state index contributed by atoms with van der Waals surface area (Å²) in [6, 6.07) is 8.61. The van der Waals surface area contributed by atoms with Gasteiger partial charge in [0.1, 0.15) is 0 Å². The van der Waals surface area contributed by atoms with Crippen molar-refractivity contribution in [1.29, 1.82) is 0 Å². The molecule has 2 rings (SSSR count). The van der Waals surface area contributed by atoms with Gasteiger partial charge in [0.25, 0.3) is 0 Å². The van der Waals surface area contributed by atoms with Gasteiger partial charge in [0.2, 0.25) is 0 Å². The van der Waals surface area contributed by atoms with Gasteiger partial charge in [0.05, 0.1) is 0 Å². The highest BCUT2D eigenvalue weighted by molar-refractivity contribution is 5.83. The first-order valence-corrected chi connectivity index (χ1v) is 6.18. The minimum atomic E-state index is 0.802. The molecule has 0 aliphatic carbocycles. The van der Waals surface area contributed by atoms with E-state index in [-0.39, 0.29) is 0 Å². The number of hydrogen-bond donors (Lipinski definition) is 1. The van der Waals surface area contributed by atoms with Gasteiger partial charge in [-0.2, -0.15) is 0 Å². The minimum Gasteiger partial charge on any atom is -0.385 e. The molecule has 0 unspecified atom stereocenters. The van der Waals surface area contributed by atoms with Gasteiger partial charge in [0, 0.05) is 49.6 Å². The predicted octanol–water partition coefficient (Wildman–Crippen LogP) is 3.02. The highest BCUT2D eigenvalue weighted by Crippen LogP contribution is 2.19. The normalized spacial score (nSPS) is 10.9. The van der Waals surface area contributed by atoms with Crippen LogP contribution in [-0.2, 0) is 11.8 Å². The molecule has 92 valence electrons. The highest BCUT2D eigenvalue weighted by atomic mass is 16.5. The van der Waals surface area contributed by atoms with Crippen molar-refractivity contribution in [2.75, 3.05) is 25.1 Å². The molecule has 1 aromatic heterocycles. The first-order valence-electron chi connectivity index (χ1n) is 6.18. The molecule has 0 aliphatic rings. The maximum absolute atomic E-state index is 5.30. The number of rotatable bonds is 6. The molecule has 0 amide bonds. The molecule has 0 fully saturated rings. The van der Waals surface area contributed by atoms with Crippen LogP contribution in [0.4, 0.5) is 5.69 Å². The second-order valence-corrected chi connectivity index (χ2v) is 4.18. The monoisotopic (exact) mass is 232 g/mol. The summed E-state index contributed by atoms with van der Waals surface area (Å²) in [5, 5.41) is 4.70. The SMILES string of the molecule is CCOCCCNc1ccc2c(ccn2C)c1. The van der Waals surface area contributed by atoms with Crippen LogP contribution >= 0.6 is 0 Å². The molecule has 0 bridgehead atoms. The van der Waals surface area contributed by atoms with Crippen LogP contribution in [0.2, 0.25) is 0 Å². The topological polar surface area (TPSA) is 26.2 Å². The van der Waals surface area contributed by atoms with Crippen LogP contribution in [0.5, 0.6) is 0 Å². The van der Waals surface area contributed by atoms with Gasteiger partial charge in [-0.15, -0.1) is 0 Å². The maximum atomic E-state index is 5.30. The van der Waals surface area contributed by atoms with Gasteiger partial charge in [0.15, 0.2) is 0 Å². The smallest absolute Gasteiger partial charge is 0.0482 e. The summed E-state index contributed by atoms with van der Waals surface area (Å²) in [5.41, 5.74) is 2.45. The van der Waals surface area contributed by atoms with Crippen LogP contribution in [0.3, 0.4) is 0 Å². The lowest BCUT2D eigenvalue weighted by molar-refractivity contribution is 0.147. The van der Waals surface area contributed by atoms with Crippen LogP contribution in [0.25, 0.3) is 10.9 Å². The molecule has 17 heavy (non-hydrogen) atoms. The van der Waals surface area contributed by atoms with Gasteiger partial charge in [-0.25, -0.2) is 0 Å². The number of nitrogens with one attached hydrogen (secondary N) is 1. The van der Waals surface area contributed by atoms with E-state index in [1.807, 2.05) is 6.92 Å². The van der Waals surface area contributed by atoms with Crippen molar-refractivity contribution in [2.45, 2.75) is 13.3 Å². The predicted molar refractivity (Wildman–Crippen MR) is 72.5 cm³/mol. The molecule has 0 aliphatic heterocycles. The maximum Gasteiger partial charge on any atom is 0.0482 e. The van der Waals surface area contributed by atoms with Crippen molar-refractivity contribution in [1.82, 2.24) is 4.57 Å². The molecule has 0 saturated heterocycles. The molecule has 0 radical (unpaired) electrons. The fraction of sp³-hybridized carbons (Fsp3) is 0.429. The average molecular weight is 232 g/mol. The zero-order chi connectivity index (χ0) is 12.1. The van der Waals surface area contributed by atoms with Crippen molar-refractivity contribution >= 4 is 16.6 Å². The van der Waals surface area contributed by atoms with E-state index in [0.29, 0.717) is 0 Å². The Kier molecular flexibility index (Phi) is 4.04. The Hall–Kier alpha value is -1.48. The van der Waals surface area contributed by atoms with Crippen LogP contribution in [0.1, 0.15) is 13.3 Å². The van der Waals surface area contributed by atoms with Crippen molar-refractivity contribution in [3.63, 3.8) is 0 Å². The fourth-order valence-electron chi connectivity index (χ4n) is 1.94. The molecule has 3 nitrogen and oxygen atoms in total. The number of aromatic nitrogens is 1. The number of aryl methyl sites for hydroxylation is 1. The number of benzene rings is 1. The van der Waals surface area contributed by atoms with Gasteiger partial charge in [-0.3, -0.25) is 0 Å². The van der Waals surface area contributed by atoms with Crippen LogP contribution < -0.4 is 5.32 Å². The summed E-state index contributed by atoms with van der Waals surface area (Å²) in [5.74, 6) is 0. The van der Waals surface area contributed by atoms with E-state index >= 15 is 0 Å². The summed E-state index contributed by atoms with van der Waals surface area (Å²) in [4.78, 5) is 0. The number of nitrogens with zero attached hydrogens (tertiary/aromatic N) is 1. The second kappa shape index (κ2) is 5.73.